The quantitative estimate of drug-likeness (QED) is 0.705. The van der Waals surface area contributed by atoms with Crippen LogP contribution in [0.3, 0.4) is 0 Å². The molecule has 0 amide bonds. The van der Waals surface area contributed by atoms with Gasteiger partial charge in [-0.3, -0.25) is 4.98 Å². The van der Waals surface area contributed by atoms with Crippen molar-refractivity contribution in [3.05, 3.63) is 36.4 Å². The van der Waals surface area contributed by atoms with Gasteiger partial charge in [0.15, 0.2) is 0 Å². The van der Waals surface area contributed by atoms with Crippen LogP contribution >= 0.6 is 0 Å². The smallest absolute Gasteiger partial charge is 0.106 e. The molecule has 66 valence electrons. The van der Waals surface area contributed by atoms with E-state index < -0.39 is 0 Å². The van der Waals surface area contributed by atoms with Gasteiger partial charge in [0.25, 0.3) is 0 Å². The number of rotatable bonds is 1. The largest absolute Gasteiger partial charge is 0.397 e. The van der Waals surface area contributed by atoms with E-state index >= 15 is 0 Å². The van der Waals surface area contributed by atoms with E-state index in [9.17, 15) is 0 Å². The molecule has 0 saturated carbocycles. The molecule has 0 aromatic carbocycles. The van der Waals surface area contributed by atoms with Gasteiger partial charge in [0.1, 0.15) is 5.69 Å². The number of nitrogen functional groups attached to an aromatic ring is 1. The molecule has 0 spiro atoms. The first-order valence-corrected chi connectivity index (χ1v) is 3.98. The Kier molecular flexibility index (Phi) is 1.73. The van der Waals surface area contributed by atoms with Gasteiger partial charge in [-0.2, -0.15) is 5.10 Å². The average Bonchev–Trinajstić information content (AvgIpc) is 2.53. The summed E-state index contributed by atoms with van der Waals surface area (Å²) < 4.78 is 1.72. The molecule has 13 heavy (non-hydrogen) atoms. The van der Waals surface area contributed by atoms with Gasteiger partial charge >= 0.3 is 0 Å². The SMILES string of the molecule is Cc1cnn(-c2cnccc2N)c1. The summed E-state index contributed by atoms with van der Waals surface area (Å²) >= 11 is 0. The molecule has 0 aliphatic heterocycles. The molecule has 4 heteroatoms. The highest BCUT2D eigenvalue weighted by Gasteiger charge is 2.01. The number of aryl methyl sites for hydroxylation is 1. The number of hydrogen-bond donors (Lipinski definition) is 1. The maximum atomic E-state index is 5.76. The highest BCUT2D eigenvalue weighted by Crippen LogP contribution is 2.13. The zero-order chi connectivity index (χ0) is 9.26. The molecule has 0 radical (unpaired) electrons. The zero-order valence-electron chi connectivity index (χ0n) is 7.31. The first-order valence-electron chi connectivity index (χ1n) is 3.98. The van der Waals surface area contributed by atoms with E-state index in [1.54, 1.807) is 29.3 Å². The predicted molar refractivity (Wildman–Crippen MR) is 50.5 cm³/mol. The van der Waals surface area contributed by atoms with Crippen LogP contribution in [-0.4, -0.2) is 14.8 Å². The molecule has 4 nitrogen and oxygen atoms in total. The summed E-state index contributed by atoms with van der Waals surface area (Å²) in [6.45, 7) is 1.98. The molecule has 2 N–H and O–H groups in total. The monoisotopic (exact) mass is 174 g/mol. The summed E-state index contributed by atoms with van der Waals surface area (Å²) in [7, 11) is 0. The average molecular weight is 174 g/mol. The van der Waals surface area contributed by atoms with Crippen molar-refractivity contribution in [3.8, 4) is 5.69 Å². The maximum absolute atomic E-state index is 5.76. The van der Waals surface area contributed by atoms with E-state index in [2.05, 4.69) is 10.1 Å². The minimum Gasteiger partial charge on any atom is -0.397 e. The number of anilines is 1. The van der Waals surface area contributed by atoms with Crippen LogP contribution in [0.15, 0.2) is 30.9 Å². The molecule has 2 heterocycles. The summed E-state index contributed by atoms with van der Waals surface area (Å²) in [6.07, 6.45) is 7.05. The van der Waals surface area contributed by atoms with Crippen LogP contribution in [0.5, 0.6) is 0 Å². The van der Waals surface area contributed by atoms with Gasteiger partial charge in [0.05, 0.1) is 18.1 Å². The lowest BCUT2D eigenvalue weighted by Crippen LogP contribution is -2.00. The van der Waals surface area contributed by atoms with Crippen molar-refractivity contribution in [2.24, 2.45) is 0 Å². The standard InChI is InChI=1S/C9H10N4/c1-7-4-12-13(6-7)9-5-11-3-2-8(9)10/h2-6H,1H3,(H2,10,11). The van der Waals surface area contributed by atoms with E-state index in [1.165, 1.54) is 0 Å². The normalized spacial score (nSPS) is 10.2. The Bertz CT molecular complexity index is 419. The second-order valence-corrected chi connectivity index (χ2v) is 2.90. The second-order valence-electron chi connectivity index (χ2n) is 2.90. The van der Waals surface area contributed by atoms with Gasteiger partial charge in [-0.15, -0.1) is 0 Å². The molecule has 2 aromatic heterocycles. The van der Waals surface area contributed by atoms with Crippen molar-refractivity contribution < 1.29 is 0 Å². The highest BCUT2D eigenvalue weighted by atomic mass is 15.3. The molecule has 0 aliphatic rings. The predicted octanol–water partition coefficient (Wildman–Crippen LogP) is 1.16. The van der Waals surface area contributed by atoms with E-state index in [1.807, 2.05) is 13.1 Å². The highest BCUT2D eigenvalue weighted by molar-refractivity contribution is 5.55. The van der Waals surface area contributed by atoms with Crippen molar-refractivity contribution in [2.75, 3.05) is 5.73 Å². The van der Waals surface area contributed by atoms with Gasteiger partial charge in [-0.1, -0.05) is 0 Å². The molecule has 0 atom stereocenters. The molecule has 2 rings (SSSR count). The van der Waals surface area contributed by atoms with Crippen LogP contribution in [0.2, 0.25) is 0 Å². The van der Waals surface area contributed by atoms with Gasteiger partial charge in [-0.05, 0) is 18.6 Å². The third-order valence-corrected chi connectivity index (χ3v) is 1.79. The number of hydrogen-bond acceptors (Lipinski definition) is 3. The van der Waals surface area contributed by atoms with Gasteiger partial charge < -0.3 is 5.73 Å². The Hall–Kier alpha value is -1.84. The van der Waals surface area contributed by atoms with E-state index in [0.717, 1.165) is 11.3 Å². The molecule has 2 aromatic rings. The summed E-state index contributed by atoms with van der Waals surface area (Å²) in [5.74, 6) is 0. The Morgan fingerprint density at radius 2 is 2.23 bits per heavy atom. The number of aromatic nitrogens is 3. The maximum Gasteiger partial charge on any atom is 0.106 e. The molecule has 0 saturated heterocycles. The fourth-order valence-electron chi connectivity index (χ4n) is 1.13. The summed E-state index contributed by atoms with van der Waals surface area (Å²) in [5, 5.41) is 4.14. The topological polar surface area (TPSA) is 56.7 Å². The minimum atomic E-state index is 0.679. The van der Waals surface area contributed by atoms with Crippen molar-refractivity contribution in [1.29, 1.82) is 0 Å². The number of nitrogens with two attached hydrogens (primary N) is 1. The van der Waals surface area contributed by atoms with Crippen LogP contribution in [0, 0.1) is 6.92 Å². The zero-order valence-corrected chi connectivity index (χ0v) is 7.31. The van der Waals surface area contributed by atoms with Crippen LogP contribution < -0.4 is 5.73 Å². The molecular weight excluding hydrogens is 164 g/mol. The van der Waals surface area contributed by atoms with E-state index in [-0.39, 0.29) is 0 Å². The van der Waals surface area contributed by atoms with Gasteiger partial charge in [0.2, 0.25) is 0 Å². The van der Waals surface area contributed by atoms with Crippen LogP contribution in [0.4, 0.5) is 5.69 Å². The lowest BCUT2D eigenvalue weighted by Gasteiger charge is -2.02. The Labute approximate surface area is 76.0 Å². The van der Waals surface area contributed by atoms with Crippen molar-refractivity contribution in [2.45, 2.75) is 6.92 Å². The summed E-state index contributed by atoms with van der Waals surface area (Å²) in [5.41, 5.74) is 8.36. The summed E-state index contributed by atoms with van der Waals surface area (Å²) in [6, 6.07) is 1.76. The Balaban J connectivity index is 2.52. The third kappa shape index (κ3) is 1.38. The Morgan fingerprint density at radius 3 is 2.85 bits per heavy atom. The molecular formula is C9H10N4. The number of pyridine rings is 1. The number of nitrogens with zero attached hydrogens (tertiary/aromatic N) is 3. The first-order chi connectivity index (χ1) is 6.27. The van der Waals surface area contributed by atoms with Gasteiger partial charge in [-0.25, -0.2) is 4.68 Å². The van der Waals surface area contributed by atoms with Crippen LogP contribution in [0.1, 0.15) is 5.56 Å². The fraction of sp³-hybridized carbons (Fsp3) is 0.111. The lowest BCUT2D eigenvalue weighted by atomic mass is 10.3. The molecule has 0 fully saturated rings. The fourth-order valence-corrected chi connectivity index (χ4v) is 1.13. The van der Waals surface area contributed by atoms with Crippen LogP contribution in [0.25, 0.3) is 5.69 Å². The van der Waals surface area contributed by atoms with E-state index in [4.69, 9.17) is 5.73 Å². The molecule has 0 aliphatic carbocycles. The van der Waals surface area contributed by atoms with Crippen molar-refractivity contribution in [1.82, 2.24) is 14.8 Å². The minimum absolute atomic E-state index is 0.679. The summed E-state index contributed by atoms with van der Waals surface area (Å²) in [4.78, 5) is 3.99. The third-order valence-electron chi connectivity index (χ3n) is 1.79. The second kappa shape index (κ2) is 2.90. The van der Waals surface area contributed by atoms with E-state index in [0.29, 0.717) is 5.69 Å². The van der Waals surface area contributed by atoms with Crippen LogP contribution in [-0.2, 0) is 0 Å². The van der Waals surface area contributed by atoms with Gasteiger partial charge in [0, 0.05) is 12.4 Å². The lowest BCUT2D eigenvalue weighted by molar-refractivity contribution is 0.876. The Morgan fingerprint density at radius 1 is 1.38 bits per heavy atom. The molecule has 0 unspecified atom stereocenters. The molecule has 0 bridgehead atoms. The van der Waals surface area contributed by atoms with Crippen molar-refractivity contribution in [3.63, 3.8) is 0 Å². The van der Waals surface area contributed by atoms with Crippen molar-refractivity contribution >= 4 is 5.69 Å². The first kappa shape index (κ1) is 7.79.